The summed E-state index contributed by atoms with van der Waals surface area (Å²) in [5, 5.41) is 0.164. The van der Waals surface area contributed by atoms with Crippen molar-refractivity contribution in [3.63, 3.8) is 0 Å². The predicted molar refractivity (Wildman–Crippen MR) is 100 cm³/mol. The van der Waals surface area contributed by atoms with Gasteiger partial charge in [0.25, 0.3) is 5.91 Å². The number of nitrogens with zero attached hydrogens (tertiary/aromatic N) is 2. The van der Waals surface area contributed by atoms with Crippen LogP contribution in [0.5, 0.6) is 0 Å². The Kier molecular flexibility index (Phi) is 5.28. The van der Waals surface area contributed by atoms with Crippen LogP contribution in [0.4, 0.5) is 10.1 Å². The quantitative estimate of drug-likeness (QED) is 0.800. The number of halogens is 2. The van der Waals surface area contributed by atoms with Crippen LogP contribution in [0.15, 0.2) is 42.5 Å². The van der Waals surface area contributed by atoms with Gasteiger partial charge in [-0.3, -0.25) is 4.79 Å². The second-order valence-electron chi connectivity index (χ2n) is 6.59. The minimum absolute atomic E-state index is 0.0276. The summed E-state index contributed by atoms with van der Waals surface area (Å²) in [7, 11) is 0. The van der Waals surface area contributed by atoms with Crippen molar-refractivity contribution in [2.75, 3.05) is 31.1 Å². The molecule has 0 aromatic heterocycles. The highest BCUT2D eigenvalue weighted by Crippen LogP contribution is 2.28. The smallest absolute Gasteiger partial charge is 0.258 e. The van der Waals surface area contributed by atoms with E-state index < -0.39 is 5.82 Å². The van der Waals surface area contributed by atoms with Crippen LogP contribution in [-0.4, -0.2) is 37.0 Å². The number of piperazine rings is 1. The van der Waals surface area contributed by atoms with Crippen LogP contribution in [0.25, 0.3) is 0 Å². The maximum absolute atomic E-state index is 14.0. The normalized spacial score (nSPS) is 14.9. The van der Waals surface area contributed by atoms with Crippen molar-refractivity contribution in [3.8, 4) is 0 Å². The molecule has 2 aromatic rings. The summed E-state index contributed by atoms with van der Waals surface area (Å²) < 4.78 is 14.0. The first-order valence-corrected chi connectivity index (χ1v) is 8.94. The van der Waals surface area contributed by atoms with Gasteiger partial charge >= 0.3 is 0 Å². The number of anilines is 1. The number of carbonyl (C=O) groups is 1. The average Bonchev–Trinajstić information content (AvgIpc) is 2.61. The Morgan fingerprint density at radius 2 is 1.72 bits per heavy atom. The lowest BCUT2D eigenvalue weighted by atomic mass is 10.00. The molecule has 0 radical (unpaired) electrons. The summed E-state index contributed by atoms with van der Waals surface area (Å²) in [5.74, 6) is -0.460. The summed E-state index contributed by atoms with van der Waals surface area (Å²) in [6.45, 7) is 6.91. The minimum Gasteiger partial charge on any atom is -0.368 e. The third kappa shape index (κ3) is 3.64. The van der Waals surface area contributed by atoms with Gasteiger partial charge < -0.3 is 9.80 Å². The van der Waals surface area contributed by atoms with Crippen LogP contribution in [0.1, 0.15) is 35.7 Å². The molecule has 3 rings (SSSR count). The highest BCUT2D eigenvalue weighted by Gasteiger charge is 2.26. The first kappa shape index (κ1) is 17.7. The third-order valence-corrected chi connectivity index (χ3v) is 4.96. The van der Waals surface area contributed by atoms with E-state index in [9.17, 15) is 9.18 Å². The number of hydrogen-bond acceptors (Lipinski definition) is 2. The summed E-state index contributed by atoms with van der Waals surface area (Å²) in [5.41, 5.74) is 2.49. The van der Waals surface area contributed by atoms with Gasteiger partial charge in [0.15, 0.2) is 0 Å². The van der Waals surface area contributed by atoms with Crippen LogP contribution in [0.3, 0.4) is 0 Å². The van der Waals surface area contributed by atoms with Gasteiger partial charge in [0.05, 0.1) is 10.6 Å². The van der Waals surface area contributed by atoms with Gasteiger partial charge in [0.1, 0.15) is 5.82 Å². The number of benzene rings is 2. The fraction of sp³-hybridized carbons (Fsp3) is 0.350. The molecule has 2 aromatic carbocycles. The zero-order valence-electron chi connectivity index (χ0n) is 14.5. The molecule has 5 heteroatoms. The Bertz CT molecular complexity index is 750. The SMILES string of the molecule is CC(C)c1ccccc1N1CCN(C(=O)c2c(F)cccc2Cl)CC1. The van der Waals surface area contributed by atoms with Crippen LogP contribution < -0.4 is 4.90 Å². The Morgan fingerprint density at radius 1 is 1.04 bits per heavy atom. The van der Waals surface area contributed by atoms with Gasteiger partial charge in [-0.05, 0) is 29.7 Å². The fourth-order valence-electron chi connectivity index (χ4n) is 3.27. The number of hydrogen-bond donors (Lipinski definition) is 0. The van der Waals surface area contributed by atoms with Crippen molar-refractivity contribution in [3.05, 3.63) is 64.4 Å². The number of rotatable bonds is 3. The molecule has 1 aliphatic rings. The zero-order valence-corrected chi connectivity index (χ0v) is 15.3. The molecule has 0 aliphatic carbocycles. The van der Waals surface area contributed by atoms with Gasteiger partial charge in [-0.25, -0.2) is 4.39 Å². The van der Waals surface area contributed by atoms with Gasteiger partial charge in [0.2, 0.25) is 0 Å². The molecule has 25 heavy (non-hydrogen) atoms. The highest BCUT2D eigenvalue weighted by atomic mass is 35.5. The van der Waals surface area contributed by atoms with E-state index in [0.29, 0.717) is 19.0 Å². The van der Waals surface area contributed by atoms with Crippen LogP contribution >= 0.6 is 11.6 Å². The van der Waals surface area contributed by atoms with E-state index in [1.54, 1.807) is 11.0 Å². The molecule has 1 heterocycles. The lowest BCUT2D eigenvalue weighted by Gasteiger charge is -2.37. The van der Waals surface area contributed by atoms with Crippen molar-refractivity contribution >= 4 is 23.2 Å². The van der Waals surface area contributed by atoms with Crippen molar-refractivity contribution < 1.29 is 9.18 Å². The highest BCUT2D eigenvalue weighted by molar-refractivity contribution is 6.33. The van der Waals surface area contributed by atoms with Gasteiger partial charge in [0, 0.05) is 31.9 Å². The molecule has 1 fully saturated rings. The molecule has 3 nitrogen and oxygen atoms in total. The molecule has 1 aliphatic heterocycles. The molecule has 0 saturated carbocycles. The molecule has 0 unspecified atom stereocenters. The van der Waals surface area contributed by atoms with Crippen LogP contribution in [0.2, 0.25) is 5.02 Å². The molecule has 0 N–H and O–H groups in total. The maximum atomic E-state index is 14.0. The molecule has 1 amide bonds. The first-order chi connectivity index (χ1) is 12.0. The molecular weight excluding hydrogens is 339 g/mol. The van der Waals surface area contributed by atoms with E-state index in [2.05, 4.69) is 36.9 Å². The molecule has 0 spiro atoms. The maximum Gasteiger partial charge on any atom is 0.258 e. The molecular formula is C20H22ClFN2O. The number of carbonyl (C=O) groups excluding carboxylic acids is 1. The van der Waals surface area contributed by atoms with Gasteiger partial charge in [-0.1, -0.05) is 49.7 Å². The topological polar surface area (TPSA) is 23.6 Å². The van der Waals surface area contributed by atoms with Crippen molar-refractivity contribution in [1.82, 2.24) is 4.90 Å². The second-order valence-corrected chi connectivity index (χ2v) is 7.00. The first-order valence-electron chi connectivity index (χ1n) is 8.56. The second kappa shape index (κ2) is 7.44. The predicted octanol–water partition coefficient (Wildman–Crippen LogP) is 4.56. The molecule has 132 valence electrons. The molecule has 0 atom stereocenters. The average molecular weight is 361 g/mol. The zero-order chi connectivity index (χ0) is 18.0. The fourth-order valence-corrected chi connectivity index (χ4v) is 3.52. The monoisotopic (exact) mass is 360 g/mol. The van der Waals surface area contributed by atoms with E-state index in [1.807, 2.05) is 6.07 Å². The number of para-hydroxylation sites is 1. The van der Waals surface area contributed by atoms with Gasteiger partial charge in [-0.15, -0.1) is 0 Å². The van der Waals surface area contributed by atoms with Crippen molar-refractivity contribution in [1.29, 1.82) is 0 Å². The Labute approximate surface area is 153 Å². The van der Waals surface area contributed by atoms with E-state index in [0.717, 1.165) is 13.1 Å². The Hall–Kier alpha value is -2.07. The third-order valence-electron chi connectivity index (χ3n) is 4.64. The standard InChI is InChI=1S/C20H22ClFN2O/c1-14(2)15-6-3-4-9-18(15)23-10-12-24(13-11-23)20(25)19-16(21)7-5-8-17(19)22/h3-9,14H,10-13H2,1-2H3. The van der Waals surface area contributed by atoms with Gasteiger partial charge in [-0.2, -0.15) is 0 Å². The minimum atomic E-state index is -0.565. The van der Waals surface area contributed by atoms with E-state index >= 15 is 0 Å². The van der Waals surface area contributed by atoms with Crippen molar-refractivity contribution in [2.45, 2.75) is 19.8 Å². The largest absolute Gasteiger partial charge is 0.368 e. The lowest BCUT2D eigenvalue weighted by molar-refractivity contribution is 0.0742. The Balaban J connectivity index is 1.73. The van der Waals surface area contributed by atoms with Crippen LogP contribution in [-0.2, 0) is 0 Å². The van der Waals surface area contributed by atoms with E-state index in [1.165, 1.54) is 23.4 Å². The molecule has 0 bridgehead atoms. The lowest BCUT2D eigenvalue weighted by Crippen LogP contribution is -2.49. The summed E-state index contributed by atoms with van der Waals surface area (Å²) in [6.07, 6.45) is 0. The molecule has 1 saturated heterocycles. The number of amides is 1. The summed E-state index contributed by atoms with van der Waals surface area (Å²) in [6, 6.07) is 12.7. The van der Waals surface area contributed by atoms with Crippen LogP contribution in [0, 0.1) is 5.82 Å². The van der Waals surface area contributed by atoms with E-state index in [4.69, 9.17) is 11.6 Å². The summed E-state index contributed by atoms with van der Waals surface area (Å²) >= 11 is 6.03. The van der Waals surface area contributed by atoms with E-state index in [-0.39, 0.29) is 16.5 Å². The van der Waals surface area contributed by atoms with Crippen molar-refractivity contribution in [2.24, 2.45) is 0 Å². The summed E-state index contributed by atoms with van der Waals surface area (Å²) in [4.78, 5) is 16.6. The Morgan fingerprint density at radius 3 is 2.36 bits per heavy atom.